The van der Waals surface area contributed by atoms with Crippen molar-refractivity contribution < 1.29 is 4.79 Å². The number of allylic oxidation sites excluding steroid dienone is 3. The number of hydrogen-bond acceptors (Lipinski definition) is 1. The molecule has 0 N–H and O–H groups in total. The minimum absolute atomic E-state index is 0.285. The molecular weight excluding hydrogens is 172 g/mol. The van der Waals surface area contributed by atoms with Crippen LogP contribution in [0.3, 0.4) is 0 Å². The fraction of sp³-hybridized carbons (Fsp3) is 0.615. The van der Waals surface area contributed by atoms with Crippen molar-refractivity contribution in [1.29, 1.82) is 0 Å². The molecule has 0 heterocycles. The molecule has 1 atom stereocenters. The Morgan fingerprint density at radius 3 is 2.50 bits per heavy atom. The van der Waals surface area contributed by atoms with Crippen molar-refractivity contribution >= 4 is 5.78 Å². The average molecular weight is 194 g/mol. The molecular formula is C13H22O. The van der Waals surface area contributed by atoms with Gasteiger partial charge in [-0.2, -0.15) is 0 Å². The number of Topliss-reactive ketones (excluding diaryl/α,β-unsaturated/α-hetero) is 1. The van der Waals surface area contributed by atoms with E-state index in [1.54, 1.807) is 6.92 Å². The molecule has 1 unspecified atom stereocenters. The topological polar surface area (TPSA) is 17.1 Å². The van der Waals surface area contributed by atoms with E-state index in [4.69, 9.17) is 0 Å². The van der Waals surface area contributed by atoms with Crippen LogP contribution in [0.15, 0.2) is 24.8 Å². The Labute approximate surface area is 87.9 Å². The molecule has 0 saturated carbocycles. The molecule has 0 bridgehead atoms. The standard InChI is InChI=1S/C13H22O/c1-5-6-7-8-13(11(2)3)10-9-12(4)14/h5,7-8,11,13H,1,6,9-10H2,2-4H3/b8-7-. The number of hydrogen-bond donors (Lipinski definition) is 0. The van der Waals surface area contributed by atoms with Gasteiger partial charge in [0.15, 0.2) is 0 Å². The molecule has 1 nitrogen and oxygen atoms in total. The molecule has 0 aliphatic carbocycles. The minimum Gasteiger partial charge on any atom is -0.300 e. The predicted molar refractivity (Wildman–Crippen MR) is 62.2 cm³/mol. The van der Waals surface area contributed by atoms with Crippen molar-refractivity contribution in [2.45, 2.75) is 40.0 Å². The normalized spacial score (nSPS) is 13.4. The van der Waals surface area contributed by atoms with E-state index in [1.165, 1.54) is 0 Å². The summed E-state index contributed by atoms with van der Waals surface area (Å²) in [7, 11) is 0. The molecule has 1 heteroatoms. The van der Waals surface area contributed by atoms with Gasteiger partial charge in [0.1, 0.15) is 5.78 Å². The van der Waals surface area contributed by atoms with Crippen LogP contribution < -0.4 is 0 Å². The van der Waals surface area contributed by atoms with Crippen LogP contribution >= 0.6 is 0 Å². The second-order valence-electron chi connectivity index (χ2n) is 4.10. The highest BCUT2D eigenvalue weighted by atomic mass is 16.1. The fourth-order valence-electron chi connectivity index (χ4n) is 1.37. The number of carbonyl (C=O) groups is 1. The van der Waals surface area contributed by atoms with E-state index >= 15 is 0 Å². The van der Waals surface area contributed by atoms with Crippen molar-refractivity contribution in [1.82, 2.24) is 0 Å². The molecule has 0 aliphatic rings. The summed E-state index contributed by atoms with van der Waals surface area (Å²) in [6.07, 6.45) is 8.83. The van der Waals surface area contributed by atoms with Gasteiger partial charge in [0.2, 0.25) is 0 Å². The first-order valence-corrected chi connectivity index (χ1v) is 5.35. The lowest BCUT2D eigenvalue weighted by Gasteiger charge is -2.15. The molecule has 0 spiro atoms. The number of rotatable bonds is 7. The smallest absolute Gasteiger partial charge is 0.129 e. The third kappa shape index (κ3) is 6.64. The third-order valence-corrected chi connectivity index (χ3v) is 2.37. The Hall–Kier alpha value is -0.850. The van der Waals surface area contributed by atoms with Crippen molar-refractivity contribution in [3.8, 4) is 0 Å². The highest BCUT2D eigenvalue weighted by molar-refractivity contribution is 5.75. The second-order valence-corrected chi connectivity index (χ2v) is 4.10. The molecule has 0 aromatic heterocycles. The first kappa shape index (κ1) is 13.2. The van der Waals surface area contributed by atoms with Crippen molar-refractivity contribution in [2.75, 3.05) is 0 Å². The van der Waals surface area contributed by atoms with E-state index in [1.807, 2.05) is 6.08 Å². The van der Waals surface area contributed by atoms with E-state index in [9.17, 15) is 4.79 Å². The van der Waals surface area contributed by atoms with Gasteiger partial charge in [-0.1, -0.05) is 32.1 Å². The van der Waals surface area contributed by atoms with E-state index in [-0.39, 0.29) is 5.78 Å². The molecule has 0 amide bonds. The average Bonchev–Trinajstić information content (AvgIpc) is 2.10. The van der Waals surface area contributed by atoms with Gasteiger partial charge in [0.25, 0.3) is 0 Å². The summed E-state index contributed by atoms with van der Waals surface area (Å²) in [6, 6.07) is 0. The maximum Gasteiger partial charge on any atom is 0.129 e. The van der Waals surface area contributed by atoms with E-state index < -0.39 is 0 Å². The maximum atomic E-state index is 10.9. The van der Waals surface area contributed by atoms with Crippen LogP contribution in [0.4, 0.5) is 0 Å². The Bertz CT molecular complexity index is 201. The van der Waals surface area contributed by atoms with Gasteiger partial charge in [0.05, 0.1) is 0 Å². The predicted octanol–water partition coefficient (Wildman–Crippen LogP) is 3.76. The van der Waals surface area contributed by atoms with Crippen molar-refractivity contribution in [2.24, 2.45) is 11.8 Å². The first-order valence-electron chi connectivity index (χ1n) is 5.35. The van der Waals surface area contributed by atoms with E-state index in [0.29, 0.717) is 18.3 Å². The summed E-state index contributed by atoms with van der Waals surface area (Å²) >= 11 is 0. The van der Waals surface area contributed by atoms with Gasteiger partial charge in [-0.25, -0.2) is 0 Å². The summed E-state index contributed by atoms with van der Waals surface area (Å²) in [5.41, 5.74) is 0. The molecule has 0 saturated heterocycles. The fourth-order valence-corrected chi connectivity index (χ4v) is 1.37. The van der Waals surface area contributed by atoms with Crippen LogP contribution in [-0.4, -0.2) is 5.78 Å². The molecule has 14 heavy (non-hydrogen) atoms. The van der Waals surface area contributed by atoms with Gasteiger partial charge in [-0.3, -0.25) is 0 Å². The zero-order chi connectivity index (χ0) is 11.0. The summed E-state index contributed by atoms with van der Waals surface area (Å²) in [6.45, 7) is 9.72. The summed E-state index contributed by atoms with van der Waals surface area (Å²) in [4.78, 5) is 10.9. The largest absolute Gasteiger partial charge is 0.300 e. The number of ketones is 1. The van der Waals surface area contributed by atoms with Gasteiger partial charge < -0.3 is 4.79 Å². The molecule has 0 rings (SSSR count). The van der Waals surface area contributed by atoms with Crippen LogP contribution in [0.1, 0.15) is 40.0 Å². The van der Waals surface area contributed by atoms with Crippen LogP contribution in [0.2, 0.25) is 0 Å². The van der Waals surface area contributed by atoms with Gasteiger partial charge in [-0.05, 0) is 31.6 Å². The lowest BCUT2D eigenvalue weighted by Crippen LogP contribution is -2.07. The summed E-state index contributed by atoms with van der Waals surface area (Å²) in [5, 5.41) is 0. The minimum atomic E-state index is 0.285. The quantitative estimate of drug-likeness (QED) is 0.564. The van der Waals surface area contributed by atoms with Gasteiger partial charge >= 0.3 is 0 Å². The molecule has 0 aromatic rings. The second kappa shape index (κ2) is 7.54. The zero-order valence-electron chi connectivity index (χ0n) is 9.62. The van der Waals surface area contributed by atoms with Crippen LogP contribution in [0, 0.1) is 11.8 Å². The van der Waals surface area contributed by atoms with Gasteiger partial charge in [-0.15, -0.1) is 6.58 Å². The third-order valence-electron chi connectivity index (χ3n) is 2.37. The monoisotopic (exact) mass is 194 g/mol. The van der Waals surface area contributed by atoms with Crippen LogP contribution in [0.25, 0.3) is 0 Å². The zero-order valence-corrected chi connectivity index (χ0v) is 9.62. The van der Waals surface area contributed by atoms with Crippen molar-refractivity contribution in [3.63, 3.8) is 0 Å². The lowest BCUT2D eigenvalue weighted by molar-refractivity contribution is -0.117. The van der Waals surface area contributed by atoms with Crippen molar-refractivity contribution in [3.05, 3.63) is 24.8 Å². The Morgan fingerprint density at radius 2 is 2.07 bits per heavy atom. The van der Waals surface area contributed by atoms with Gasteiger partial charge in [0, 0.05) is 6.42 Å². The van der Waals surface area contributed by atoms with E-state index in [2.05, 4.69) is 32.6 Å². The van der Waals surface area contributed by atoms with Crippen LogP contribution in [-0.2, 0) is 4.79 Å². The summed E-state index contributed by atoms with van der Waals surface area (Å²) in [5.74, 6) is 1.42. The Morgan fingerprint density at radius 1 is 1.43 bits per heavy atom. The lowest BCUT2D eigenvalue weighted by atomic mass is 9.90. The highest BCUT2D eigenvalue weighted by Crippen LogP contribution is 2.19. The Balaban J connectivity index is 4.01. The van der Waals surface area contributed by atoms with E-state index in [0.717, 1.165) is 12.8 Å². The molecule has 0 fully saturated rings. The molecule has 80 valence electrons. The SMILES string of the molecule is C=CC/C=C\C(CCC(C)=O)C(C)C. The molecule has 0 radical (unpaired) electrons. The summed E-state index contributed by atoms with van der Waals surface area (Å²) < 4.78 is 0. The first-order chi connectivity index (χ1) is 6.57. The molecule has 0 aromatic carbocycles. The number of carbonyl (C=O) groups excluding carboxylic acids is 1. The molecule has 0 aliphatic heterocycles. The highest BCUT2D eigenvalue weighted by Gasteiger charge is 2.10. The van der Waals surface area contributed by atoms with Crippen LogP contribution in [0.5, 0.6) is 0 Å². The maximum absolute atomic E-state index is 10.9. The Kier molecular flexibility index (Phi) is 7.09.